The smallest absolute Gasteiger partial charge is 0.243 e. The zero-order valence-electron chi connectivity index (χ0n) is 12.8. The van der Waals surface area contributed by atoms with Crippen molar-refractivity contribution >= 4 is 10.0 Å². The van der Waals surface area contributed by atoms with Gasteiger partial charge in [0.2, 0.25) is 10.0 Å². The Morgan fingerprint density at radius 2 is 2.29 bits per heavy atom. The summed E-state index contributed by atoms with van der Waals surface area (Å²) in [6.07, 6.45) is 4.31. The molecule has 0 saturated carbocycles. The standard InChI is InChI=1S/C13H24N4O3S/c1-13(2)8-11(4-7-20-13)16-21(18,19)12-9-15-17(10-12)6-5-14-3/h9-11,14,16H,4-8H2,1-3H3. The molecular formula is C13H24N4O3S. The Hall–Kier alpha value is -0.960. The molecule has 0 bridgehead atoms. The van der Waals surface area contributed by atoms with Crippen molar-refractivity contribution < 1.29 is 13.2 Å². The van der Waals surface area contributed by atoms with Crippen LogP contribution in [0.3, 0.4) is 0 Å². The molecule has 0 spiro atoms. The van der Waals surface area contributed by atoms with Crippen LogP contribution in [-0.2, 0) is 21.3 Å². The van der Waals surface area contributed by atoms with Gasteiger partial charge in [0.25, 0.3) is 0 Å². The van der Waals surface area contributed by atoms with E-state index in [9.17, 15) is 8.42 Å². The van der Waals surface area contributed by atoms with E-state index in [2.05, 4.69) is 15.1 Å². The Morgan fingerprint density at radius 3 is 2.95 bits per heavy atom. The number of hydrogen-bond acceptors (Lipinski definition) is 5. The number of rotatable bonds is 6. The van der Waals surface area contributed by atoms with Crippen LogP contribution in [0.15, 0.2) is 17.3 Å². The summed E-state index contributed by atoms with van der Waals surface area (Å²) in [5.74, 6) is 0. The van der Waals surface area contributed by atoms with Gasteiger partial charge in [-0.05, 0) is 33.7 Å². The van der Waals surface area contributed by atoms with Crippen LogP contribution in [0.2, 0.25) is 0 Å². The van der Waals surface area contributed by atoms with Crippen molar-refractivity contribution in [3.8, 4) is 0 Å². The van der Waals surface area contributed by atoms with E-state index < -0.39 is 10.0 Å². The van der Waals surface area contributed by atoms with Crippen LogP contribution in [0.4, 0.5) is 0 Å². The van der Waals surface area contributed by atoms with E-state index in [1.54, 1.807) is 10.9 Å². The maximum atomic E-state index is 12.4. The van der Waals surface area contributed by atoms with Crippen molar-refractivity contribution in [2.45, 2.75) is 49.8 Å². The van der Waals surface area contributed by atoms with Gasteiger partial charge in [0, 0.05) is 25.4 Å². The van der Waals surface area contributed by atoms with E-state index in [0.29, 0.717) is 26.0 Å². The Labute approximate surface area is 126 Å². The normalized spacial score (nSPS) is 22.3. The van der Waals surface area contributed by atoms with Crippen LogP contribution in [0, 0.1) is 0 Å². The first-order valence-electron chi connectivity index (χ1n) is 7.16. The predicted molar refractivity (Wildman–Crippen MR) is 79.5 cm³/mol. The van der Waals surface area contributed by atoms with E-state index >= 15 is 0 Å². The zero-order valence-corrected chi connectivity index (χ0v) is 13.6. The molecule has 2 rings (SSSR count). The van der Waals surface area contributed by atoms with Crippen LogP contribution in [0.25, 0.3) is 0 Å². The third-order valence-corrected chi connectivity index (χ3v) is 5.00. The second-order valence-corrected chi connectivity index (χ2v) is 7.68. The second-order valence-electron chi connectivity index (χ2n) is 5.96. The molecule has 2 N–H and O–H groups in total. The molecule has 2 heterocycles. The number of aromatic nitrogens is 2. The average Bonchev–Trinajstić information content (AvgIpc) is 2.84. The first-order chi connectivity index (χ1) is 9.82. The number of hydrogen-bond donors (Lipinski definition) is 2. The van der Waals surface area contributed by atoms with Crippen molar-refractivity contribution in [1.82, 2.24) is 19.8 Å². The first kappa shape index (κ1) is 16.4. The van der Waals surface area contributed by atoms with Gasteiger partial charge < -0.3 is 10.1 Å². The second kappa shape index (κ2) is 6.43. The molecule has 7 nitrogen and oxygen atoms in total. The highest BCUT2D eigenvalue weighted by Gasteiger charge is 2.31. The van der Waals surface area contributed by atoms with E-state index in [4.69, 9.17) is 4.74 Å². The van der Waals surface area contributed by atoms with Gasteiger partial charge in [-0.1, -0.05) is 0 Å². The Kier molecular flexibility index (Phi) is 5.03. The third kappa shape index (κ3) is 4.50. The lowest BCUT2D eigenvalue weighted by atomic mass is 9.95. The van der Waals surface area contributed by atoms with Crippen molar-refractivity contribution in [1.29, 1.82) is 0 Å². The summed E-state index contributed by atoms with van der Waals surface area (Å²) in [6.45, 7) is 5.90. The predicted octanol–water partition coefficient (Wildman–Crippen LogP) is 0.338. The minimum atomic E-state index is -3.52. The molecule has 0 aliphatic carbocycles. The fourth-order valence-corrected chi connectivity index (χ4v) is 3.67. The summed E-state index contributed by atoms with van der Waals surface area (Å²) in [5.41, 5.74) is -0.289. The van der Waals surface area contributed by atoms with Gasteiger partial charge in [-0.15, -0.1) is 0 Å². The van der Waals surface area contributed by atoms with Gasteiger partial charge in [-0.3, -0.25) is 4.68 Å². The Bertz CT molecular complexity index is 568. The maximum absolute atomic E-state index is 12.4. The van der Waals surface area contributed by atoms with E-state index in [1.807, 2.05) is 20.9 Å². The Balaban J connectivity index is 2.02. The lowest BCUT2D eigenvalue weighted by Gasteiger charge is -2.35. The van der Waals surface area contributed by atoms with Crippen LogP contribution in [0.1, 0.15) is 26.7 Å². The van der Waals surface area contributed by atoms with Crippen molar-refractivity contribution in [2.75, 3.05) is 20.2 Å². The molecule has 0 aromatic carbocycles. The molecule has 1 saturated heterocycles. The molecule has 1 aromatic heterocycles. The third-order valence-electron chi connectivity index (χ3n) is 3.53. The van der Waals surface area contributed by atoms with Gasteiger partial charge >= 0.3 is 0 Å². The number of nitrogens with zero attached hydrogens (tertiary/aromatic N) is 2. The highest BCUT2D eigenvalue weighted by atomic mass is 32.2. The van der Waals surface area contributed by atoms with Crippen molar-refractivity contribution in [3.05, 3.63) is 12.4 Å². The summed E-state index contributed by atoms with van der Waals surface area (Å²) in [5, 5.41) is 7.07. The minimum Gasteiger partial charge on any atom is -0.375 e. The molecule has 8 heteroatoms. The summed E-state index contributed by atoms with van der Waals surface area (Å²) in [7, 11) is -1.68. The maximum Gasteiger partial charge on any atom is 0.243 e. The monoisotopic (exact) mass is 316 g/mol. The molecule has 1 atom stereocenters. The Morgan fingerprint density at radius 1 is 1.52 bits per heavy atom. The SMILES string of the molecule is CNCCn1cc(S(=O)(=O)NC2CCOC(C)(C)C2)cn1. The van der Waals surface area contributed by atoms with E-state index in [-0.39, 0.29) is 16.5 Å². The molecule has 21 heavy (non-hydrogen) atoms. The molecular weight excluding hydrogens is 292 g/mol. The van der Waals surface area contributed by atoms with Gasteiger partial charge in [-0.2, -0.15) is 5.10 Å². The summed E-state index contributed by atoms with van der Waals surface area (Å²) >= 11 is 0. The molecule has 1 aliphatic heterocycles. The molecule has 1 aliphatic rings. The number of nitrogens with one attached hydrogen (secondary N) is 2. The molecule has 1 aromatic rings. The topological polar surface area (TPSA) is 85.2 Å². The zero-order chi connectivity index (χ0) is 15.5. The van der Waals surface area contributed by atoms with E-state index in [1.165, 1.54) is 6.20 Å². The quantitative estimate of drug-likeness (QED) is 0.790. The van der Waals surface area contributed by atoms with Crippen molar-refractivity contribution in [3.63, 3.8) is 0 Å². The summed E-state index contributed by atoms with van der Waals surface area (Å²) < 4.78 is 34.7. The summed E-state index contributed by atoms with van der Waals surface area (Å²) in [4.78, 5) is 0.211. The molecule has 1 fully saturated rings. The van der Waals surface area contributed by atoms with Gasteiger partial charge in [0.05, 0.1) is 18.3 Å². The molecule has 0 radical (unpaired) electrons. The fourth-order valence-electron chi connectivity index (χ4n) is 2.45. The minimum absolute atomic E-state index is 0.0978. The van der Waals surface area contributed by atoms with Crippen LogP contribution in [0.5, 0.6) is 0 Å². The number of ether oxygens (including phenoxy) is 1. The number of sulfonamides is 1. The van der Waals surface area contributed by atoms with Gasteiger partial charge in [0.1, 0.15) is 4.90 Å². The van der Waals surface area contributed by atoms with E-state index in [0.717, 1.165) is 6.54 Å². The van der Waals surface area contributed by atoms with Gasteiger partial charge in [0.15, 0.2) is 0 Å². The lowest BCUT2D eigenvalue weighted by molar-refractivity contribution is -0.0599. The van der Waals surface area contributed by atoms with Crippen LogP contribution < -0.4 is 10.0 Å². The largest absolute Gasteiger partial charge is 0.375 e. The average molecular weight is 316 g/mol. The van der Waals surface area contributed by atoms with Gasteiger partial charge in [-0.25, -0.2) is 13.1 Å². The molecule has 1 unspecified atom stereocenters. The summed E-state index contributed by atoms with van der Waals surface area (Å²) in [6, 6.07) is -0.0978. The van der Waals surface area contributed by atoms with Crippen LogP contribution in [-0.4, -0.2) is 50.0 Å². The van der Waals surface area contributed by atoms with Crippen molar-refractivity contribution in [2.24, 2.45) is 0 Å². The van der Waals surface area contributed by atoms with Crippen LogP contribution >= 0.6 is 0 Å². The highest BCUT2D eigenvalue weighted by molar-refractivity contribution is 7.89. The number of likely N-dealkylation sites (N-methyl/N-ethyl adjacent to an activating group) is 1. The highest BCUT2D eigenvalue weighted by Crippen LogP contribution is 2.25. The molecule has 0 amide bonds. The lowest BCUT2D eigenvalue weighted by Crippen LogP contribution is -2.45. The first-order valence-corrected chi connectivity index (χ1v) is 8.64. The molecule has 120 valence electrons. The fraction of sp³-hybridized carbons (Fsp3) is 0.769.